The van der Waals surface area contributed by atoms with Crippen LogP contribution in [-0.2, 0) is 0 Å². The molecule has 0 N–H and O–H groups in total. The fraction of sp³-hybridized carbons (Fsp3) is 0. The molecule has 0 amide bonds. The van der Waals surface area contributed by atoms with Gasteiger partial charge in [0.15, 0.2) is 0 Å². The standard InChI is InChI=1S/C56H36N2S/c1-2-17-42(18-3-1)57(43-29-25-38(26-30-43)47-22-12-16-37-13-6-7-19-46(37)47)44-31-27-39(28-32-44)50-35-45(36-52-49-21-9-11-24-55(49)59-56(50)52)58-53-23-10-8-20-48(53)51-33-40-14-4-5-15-41(40)34-54(51)58/h1-36H. The van der Waals surface area contributed by atoms with E-state index in [-0.39, 0.29) is 0 Å². The number of rotatable bonds is 6. The molecule has 59 heavy (non-hydrogen) atoms. The van der Waals surface area contributed by atoms with Gasteiger partial charge in [0, 0.05) is 59.3 Å². The molecule has 10 aromatic carbocycles. The summed E-state index contributed by atoms with van der Waals surface area (Å²) in [7, 11) is 0. The molecule has 2 nitrogen and oxygen atoms in total. The lowest BCUT2D eigenvalue weighted by molar-refractivity contribution is 1.19. The first-order valence-electron chi connectivity index (χ1n) is 20.2. The Balaban J connectivity index is 1.01. The molecule has 0 spiro atoms. The van der Waals surface area contributed by atoms with Crippen LogP contribution < -0.4 is 4.90 Å². The summed E-state index contributed by atoms with van der Waals surface area (Å²) in [6.45, 7) is 0. The average Bonchev–Trinajstić information content (AvgIpc) is 3.84. The van der Waals surface area contributed by atoms with Crippen LogP contribution in [0, 0.1) is 0 Å². The number of benzene rings is 10. The summed E-state index contributed by atoms with van der Waals surface area (Å²) in [6.07, 6.45) is 0. The zero-order chi connectivity index (χ0) is 38.9. The molecule has 0 saturated carbocycles. The summed E-state index contributed by atoms with van der Waals surface area (Å²) in [4.78, 5) is 2.35. The lowest BCUT2D eigenvalue weighted by Crippen LogP contribution is -2.09. The molecule has 0 saturated heterocycles. The minimum atomic E-state index is 1.11. The van der Waals surface area contributed by atoms with E-state index in [1.54, 1.807) is 0 Å². The van der Waals surface area contributed by atoms with Gasteiger partial charge < -0.3 is 9.47 Å². The predicted octanol–water partition coefficient (Wildman–Crippen LogP) is 16.3. The zero-order valence-electron chi connectivity index (χ0n) is 32.1. The molecule has 0 bridgehead atoms. The van der Waals surface area contributed by atoms with Gasteiger partial charge in [0.05, 0.1) is 11.0 Å². The highest BCUT2D eigenvalue weighted by Crippen LogP contribution is 2.45. The summed E-state index contributed by atoms with van der Waals surface area (Å²) in [5.74, 6) is 0. The number of anilines is 3. The van der Waals surface area contributed by atoms with Crippen molar-refractivity contribution in [3.8, 4) is 27.9 Å². The molecule has 3 heteroatoms. The van der Waals surface area contributed by atoms with Crippen LogP contribution in [0.2, 0.25) is 0 Å². The fourth-order valence-electron chi connectivity index (χ4n) is 9.17. The van der Waals surface area contributed by atoms with Gasteiger partial charge in [-0.2, -0.15) is 0 Å². The molecular formula is C56H36N2S. The van der Waals surface area contributed by atoms with E-state index < -0.39 is 0 Å². The lowest BCUT2D eigenvalue weighted by Gasteiger charge is -2.26. The summed E-state index contributed by atoms with van der Waals surface area (Å²) in [6, 6.07) is 79.9. The Morgan fingerprint density at radius 3 is 1.68 bits per heavy atom. The third-order valence-electron chi connectivity index (χ3n) is 11.9. The minimum Gasteiger partial charge on any atom is -0.311 e. The van der Waals surface area contributed by atoms with Crippen LogP contribution in [0.5, 0.6) is 0 Å². The smallest absolute Gasteiger partial charge is 0.0547 e. The van der Waals surface area contributed by atoms with Crippen LogP contribution in [0.1, 0.15) is 0 Å². The quantitative estimate of drug-likeness (QED) is 0.164. The molecule has 0 aliphatic heterocycles. The predicted molar refractivity (Wildman–Crippen MR) is 254 cm³/mol. The number of nitrogens with zero attached hydrogens (tertiary/aromatic N) is 2. The van der Waals surface area contributed by atoms with Crippen LogP contribution in [0.15, 0.2) is 218 Å². The number of hydrogen-bond acceptors (Lipinski definition) is 2. The van der Waals surface area contributed by atoms with Crippen molar-refractivity contribution in [2.75, 3.05) is 4.90 Å². The molecule has 0 aliphatic rings. The van der Waals surface area contributed by atoms with Crippen LogP contribution in [0.25, 0.3) is 91.5 Å². The van der Waals surface area contributed by atoms with Crippen molar-refractivity contribution in [2.24, 2.45) is 0 Å². The molecule has 12 aromatic rings. The summed E-state index contributed by atoms with van der Waals surface area (Å²) < 4.78 is 5.07. The second-order valence-electron chi connectivity index (χ2n) is 15.3. The molecule has 0 atom stereocenters. The number of para-hydroxylation sites is 2. The maximum atomic E-state index is 2.47. The third-order valence-corrected chi connectivity index (χ3v) is 13.2. The van der Waals surface area contributed by atoms with Crippen molar-refractivity contribution in [1.82, 2.24) is 4.57 Å². The molecule has 0 fully saturated rings. The second kappa shape index (κ2) is 13.6. The monoisotopic (exact) mass is 768 g/mol. The van der Waals surface area contributed by atoms with E-state index in [0.717, 1.165) is 17.1 Å². The van der Waals surface area contributed by atoms with E-state index in [4.69, 9.17) is 0 Å². The third kappa shape index (κ3) is 5.55. The van der Waals surface area contributed by atoms with Gasteiger partial charge in [0.2, 0.25) is 0 Å². The highest BCUT2D eigenvalue weighted by Gasteiger charge is 2.19. The van der Waals surface area contributed by atoms with Gasteiger partial charge in [-0.05, 0) is 111 Å². The Hall–Kier alpha value is -7.46. The van der Waals surface area contributed by atoms with Gasteiger partial charge in [-0.15, -0.1) is 11.3 Å². The van der Waals surface area contributed by atoms with E-state index in [1.807, 2.05) is 11.3 Å². The summed E-state index contributed by atoms with van der Waals surface area (Å²) >= 11 is 1.88. The number of thiophene rings is 1. The fourth-order valence-corrected chi connectivity index (χ4v) is 10.4. The van der Waals surface area contributed by atoms with Gasteiger partial charge in [0.25, 0.3) is 0 Å². The number of hydrogen-bond donors (Lipinski definition) is 0. The molecule has 12 rings (SSSR count). The van der Waals surface area contributed by atoms with Crippen LogP contribution in [-0.4, -0.2) is 4.57 Å². The average molecular weight is 769 g/mol. The van der Waals surface area contributed by atoms with E-state index in [2.05, 4.69) is 228 Å². The van der Waals surface area contributed by atoms with Crippen molar-refractivity contribution in [3.63, 3.8) is 0 Å². The first-order chi connectivity index (χ1) is 29.2. The SMILES string of the molecule is c1ccc(N(c2ccc(-c3cccc4ccccc34)cc2)c2ccc(-c3cc(-n4c5ccccc5c5cc6ccccc6cc54)cc4c3sc3ccccc34)cc2)cc1. The number of fused-ring (bicyclic) bond motifs is 8. The number of aromatic nitrogens is 1. The maximum Gasteiger partial charge on any atom is 0.0547 e. The van der Waals surface area contributed by atoms with Crippen LogP contribution >= 0.6 is 11.3 Å². The molecule has 2 heterocycles. The first kappa shape index (κ1) is 33.7. The van der Waals surface area contributed by atoms with E-state index in [1.165, 1.54) is 91.5 Å². The minimum absolute atomic E-state index is 1.11. The first-order valence-corrected chi connectivity index (χ1v) is 21.0. The van der Waals surface area contributed by atoms with E-state index >= 15 is 0 Å². The summed E-state index contributed by atoms with van der Waals surface area (Å²) in [5.41, 5.74) is 11.8. The Morgan fingerprint density at radius 2 is 0.915 bits per heavy atom. The Bertz CT molecular complexity index is 3540. The van der Waals surface area contributed by atoms with Gasteiger partial charge in [-0.3, -0.25) is 0 Å². The molecule has 0 aliphatic carbocycles. The molecular weight excluding hydrogens is 733 g/mol. The van der Waals surface area contributed by atoms with Crippen molar-refractivity contribution in [3.05, 3.63) is 218 Å². The molecule has 0 radical (unpaired) electrons. The molecule has 2 aromatic heterocycles. The highest BCUT2D eigenvalue weighted by molar-refractivity contribution is 7.26. The molecule has 276 valence electrons. The van der Waals surface area contributed by atoms with Gasteiger partial charge in [-0.25, -0.2) is 0 Å². The van der Waals surface area contributed by atoms with Gasteiger partial charge in [0.1, 0.15) is 0 Å². The van der Waals surface area contributed by atoms with Crippen molar-refractivity contribution in [2.45, 2.75) is 0 Å². The van der Waals surface area contributed by atoms with E-state index in [0.29, 0.717) is 0 Å². The summed E-state index contributed by atoms with van der Waals surface area (Å²) in [5, 5.41) is 10.1. The Kier molecular flexibility index (Phi) is 7.75. The van der Waals surface area contributed by atoms with Gasteiger partial charge in [-0.1, -0.05) is 146 Å². The maximum absolute atomic E-state index is 2.47. The second-order valence-corrected chi connectivity index (χ2v) is 16.4. The Morgan fingerprint density at radius 1 is 0.339 bits per heavy atom. The lowest BCUT2D eigenvalue weighted by atomic mass is 9.98. The van der Waals surface area contributed by atoms with Crippen molar-refractivity contribution >= 4 is 91.9 Å². The largest absolute Gasteiger partial charge is 0.311 e. The molecule has 0 unspecified atom stereocenters. The van der Waals surface area contributed by atoms with Gasteiger partial charge >= 0.3 is 0 Å². The van der Waals surface area contributed by atoms with E-state index in [9.17, 15) is 0 Å². The highest BCUT2D eigenvalue weighted by atomic mass is 32.1. The zero-order valence-corrected chi connectivity index (χ0v) is 32.9. The van der Waals surface area contributed by atoms with Crippen LogP contribution in [0.4, 0.5) is 17.1 Å². The van der Waals surface area contributed by atoms with Crippen molar-refractivity contribution < 1.29 is 0 Å². The van der Waals surface area contributed by atoms with Crippen LogP contribution in [0.3, 0.4) is 0 Å². The topological polar surface area (TPSA) is 8.17 Å². The van der Waals surface area contributed by atoms with Crippen molar-refractivity contribution in [1.29, 1.82) is 0 Å². The Labute approximate surface area is 346 Å². The normalized spacial score (nSPS) is 11.7.